The summed E-state index contributed by atoms with van der Waals surface area (Å²) in [7, 11) is 1.84. The van der Waals surface area contributed by atoms with Crippen molar-refractivity contribution >= 4 is 11.8 Å². The van der Waals surface area contributed by atoms with Crippen LogP contribution in [0.5, 0.6) is 0 Å². The molecule has 2 atom stereocenters. The molecule has 0 spiro atoms. The molecule has 0 aromatic carbocycles. The molecule has 1 aromatic heterocycles. The van der Waals surface area contributed by atoms with Crippen molar-refractivity contribution in [2.24, 2.45) is 0 Å². The molecule has 2 amide bonds. The molecule has 6 nitrogen and oxygen atoms in total. The second-order valence-corrected chi connectivity index (χ2v) is 7.61. The van der Waals surface area contributed by atoms with E-state index >= 15 is 0 Å². The Morgan fingerprint density at radius 1 is 1.17 bits per heavy atom. The summed E-state index contributed by atoms with van der Waals surface area (Å²) in [4.78, 5) is 29.2. The van der Waals surface area contributed by atoms with E-state index in [0.717, 1.165) is 36.9 Å². The number of aromatic nitrogens is 2. The molecule has 130 valence electrons. The lowest BCUT2D eigenvalue weighted by Gasteiger charge is -2.29. The molecule has 1 saturated carbocycles. The van der Waals surface area contributed by atoms with Crippen LogP contribution in [0.25, 0.3) is 0 Å². The van der Waals surface area contributed by atoms with Gasteiger partial charge in [-0.2, -0.15) is 5.10 Å². The highest BCUT2D eigenvalue weighted by Crippen LogP contribution is 2.36. The zero-order chi connectivity index (χ0) is 16.7. The van der Waals surface area contributed by atoms with Crippen LogP contribution in [0.15, 0.2) is 6.20 Å². The van der Waals surface area contributed by atoms with Crippen LogP contribution >= 0.6 is 0 Å². The summed E-state index contributed by atoms with van der Waals surface area (Å²) in [5.74, 6) is 0.647. The van der Waals surface area contributed by atoms with E-state index in [-0.39, 0.29) is 23.9 Å². The Morgan fingerprint density at radius 2 is 1.92 bits per heavy atom. The molecule has 4 rings (SSSR count). The number of H-pyrrole nitrogens is 1. The van der Waals surface area contributed by atoms with Crippen LogP contribution in [0.4, 0.5) is 0 Å². The molecule has 24 heavy (non-hydrogen) atoms. The number of nitrogens with zero attached hydrogens (tertiary/aromatic N) is 3. The summed E-state index contributed by atoms with van der Waals surface area (Å²) in [6.45, 7) is 0.650. The van der Waals surface area contributed by atoms with Crippen LogP contribution in [0.3, 0.4) is 0 Å². The zero-order valence-electron chi connectivity index (χ0n) is 14.3. The smallest absolute Gasteiger partial charge is 0.257 e. The number of amides is 2. The maximum atomic E-state index is 13.3. The standard InChI is InChI=1S/C18H26N4O2/c1-21-11-14-8-7-13(9-16(21)23)22(14)18(24)15-10-19-20-17(15)12-5-3-2-4-6-12/h10,12-14H,2-9,11H2,1H3,(H,19,20)/t13-,14+/m1/s1. The van der Waals surface area contributed by atoms with Gasteiger partial charge in [-0.25, -0.2) is 0 Å². The predicted molar refractivity (Wildman–Crippen MR) is 89.6 cm³/mol. The normalized spacial score (nSPS) is 28.3. The Hall–Kier alpha value is -1.85. The van der Waals surface area contributed by atoms with Gasteiger partial charge in [-0.1, -0.05) is 19.3 Å². The Morgan fingerprint density at radius 3 is 2.71 bits per heavy atom. The highest BCUT2D eigenvalue weighted by atomic mass is 16.2. The second-order valence-electron chi connectivity index (χ2n) is 7.61. The molecule has 2 bridgehead atoms. The first-order chi connectivity index (χ1) is 11.6. The van der Waals surface area contributed by atoms with Crippen LogP contribution in [-0.2, 0) is 4.79 Å². The third kappa shape index (κ3) is 2.62. The molecule has 1 N–H and O–H groups in total. The number of likely N-dealkylation sites (tertiary alicyclic amines) is 1. The first-order valence-corrected chi connectivity index (χ1v) is 9.25. The van der Waals surface area contributed by atoms with E-state index in [9.17, 15) is 9.59 Å². The number of carbonyl (C=O) groups excluding carboxylic acids is 2. The van der Waals surface area contributed by atoms with Gasteiger partial charge in [0.05, 0.1) is 17.5 Å². The van der Waals surface area contributed by atoms with E-state index in [0.29, 0.717) is 18.9 Å². The van der Waals surface area contributed by atoms with Gasteiger partial charge in [0.1, 0.15) is 0 Å². The third-order valence-electron chi connectivity index (χ3n) is 6.09. The molecule has 1 aromatic rings. The van der Waals surface area contributed by atoms with Gasteiger partial charge in [0, 0.05) is 38.0 Å². The number of aromatic amines is 1. The minimum Gasteiger partial charge on any atom is -0.344 e. The van der Waals surface area contributed by atoms with Gasteiger partial charge >= 0.3 is 0 Å². The molecule has 6 heteroatoms. The van der Waals surface area contributed by atoms with Crippen LogP contribution in [0, 0.1) is 0 Å². The highest BCUT2D eigenvalue weighted by Gasteiger charge is 2.43. The van der Waals surface area contributed by atoms with Gasteiger partial charge in [0.15, 0.2) is 0 Å². The van der Waals surface area contributed by atoms with Crippen molar-refractivity contribution in [2.75, 3.05) is 13.6 Å². The summed E-state index contributed by atoms with van der Waals surface area (Å²) in [5.41, 5.74) is 1.75. The quantitative estimate of drug-likeness (QED) is 0.904. The number of fused-ring (bicyclic) bond motifs is 2. The van der Waals surface area contributed by atoms with Crippen LogP contribution < -0.4 is 0 Å². The van der Waals surface area contributed by atoms with Gasteiger partial charge in [0.2, 0.25) is 5.91 Å². The maximum Gasteiger partial charge on any atom is 0.257 e. The molecule has 0 radical (unpaired) electrons. The highest BCUT2D eigenvalue weighted by molar-refractivity contribution is 5.96. The molecule has 1 aliphatic carbocycles. The zero-order valence-corrected chi connectivity index (χ0v) is 14.3. The summed E-state index contributed by atoms with van der Waals surface area (Å²) < 4.78 is 0. The van der Waals surface area contributed by atoms with Gasteiger partial charge in [-0.15, -0.1) is 0 Å². The Balaban J connectivity index is 1.60. The van der Waals surface area contributed by atoms with E-state index in [1.807, 2.05) is 11.9 Å². The van der Waals surface area contributed by atoms with Crippen molar-refractivity contribution in [1.82, 2.24) is 20.0 Å². The average Bonchev–Trinajstić information content (AvgIpc) is 3.19. The molecular weight excluding hydrogens is 304 g/mol. The molecule has 2 saturated heterocycles. The second kappa shape index (κ2) is 6.22. The van der Waals surface area contributed by atoms with Crippen molar-refractivity contribution in [3.8, 4) is 0 Å². The van der Waals surface area contributed by atoms with Gasteiger partial charge < -0.3 is 9.80 Å². The fourth-order valence-corrected chi connectivity index (χ4v) is 4.76. The van der Waals surface area contributed by atoms with Gasteiger partial charge in [0.25, 0.3) is 5.91 Å². The molecule has 3 aliphatic rings. The Kier molecular flexibility index (Phi) is 4.06. The number of rotatable bonds is 2. The average molecular weight is 330 g/mol. The lowest BCUT2D eigenvalue weighted by atomic mass is 9.85. The first-order valence-electron chi connectivity index (χ1n) is 9.25. The number of hydrogen-bond acceptors (Lipinski definition) is 3. The third-order valence-corrected chi connectivity index (χ3v) is 6.09. The fraction of sp³-hybridized carbons (Fsp3) is 0.722. The summed E-state index contributed by atoms with van der Waals surface area (Å²) in [5, 5.41) is 7.29. The Labute approximate surface area is 142 Å². The maximum absolute atomic E-state index is 13.3. The van der Waals surface area contributed by atoms with E-state index in [2.05, 4.69) is 10.2 Å². The molecule has 2 aliphatic heterocycles. The van der Waals surface area contributed by atoms with Crippen LogP contribution in [-0.4, -0.2) is 57.5 Å². The molecule has 0 unspecified atom stereocenters. The summed E-state index contributed by atoms with van der Waals surface area (Å²) in [6.07, 6.45) is 10.1. The number of likely N-dealkylation sites (N-methyl/N-ethyl adjacent to an activating group) is 1. The SMILES string of the molecule is CN1C[C@@H]2CC[C@H](CC1=O)N2C(=O)c1cn[nH]c1C1CCCCC1. The van der Waals surface area contributed by atoms with Crippen molar-refractivity contribution in [3.63, 3.8) is 0 Å². The summed E-state index contributed by atoms with van der Waals surface area (Å²) in [6, 6.07) is 0.196. The number of nitrogens with one attached hydrogen (secondary N) is 1. The number of hydrogen-bond donors (Lipinski definition) is 1. The predicted octanol–water partition coefficient (Wildman–Crippen LogP) is 2.29. The van der Waals surface area contributed by atoms with Crippen molar-refractivity contribution in [1.29, 1.82) is 0 Å². The first kappa shape index (κ1) is 15.7. The van der Waals surface area contributed by atoms with E-state index < -0.39 is 0 Å². The monoisotopic (exact) mass is 330 g/mol. The van der Waals surface area contributed by atoms with Gasteiger partial charge in [-0.3, -0.25) is 14.7 Å². The Bertz CT molecular complexity index is 635. The van der Waals surface area contributed by atoms with Gasteiger partial charge in [-0.05, 0) is 25.7 Å². The molecule has 3 heterocycles. The fourth-order valence-electron chi connectivity index (χ4n) is 4.76. The van der Waals surface area contributed by atoms with Crippen molar-refractivity contribution in [3.05, 3.63) is 17.5 Å². The molecule has 3 fully saturated rings. The summed E-state index contributed by atoms with van der Waals surface area (Å²) >= 11 is 0. The lowest BCUT2D eigenvalue weighted by molar-refractivity contribution is -0.130. The van der Waals surface area contributed by atoms with Crippen molar-refractivity contribution < 1.29 is 9.59 Å². The van der Waals surface area contributed by atoms with E-state index in [1.54, 1.807) is 11.1 Å². The number of carbonyl (C=O) groups is 2. The minimum absolute atomic E-state index is 0.0501. The van der Waals surface area contributed by atoms with Crippen LogP contribution in [0.1, 0.15) is 73.3 Å². The van der Waals surface area contributed by atoms with E-state index in [1.165, 1.54) is 19.3 Å². The topological polar surface area (TPSA) is 69.3 Å². The minimum atomic E-state index is 0.0501. The van der Waals surface area contributed by atoms with Crippen LogP contribution in [0.2, 0.25) is 0 Å². The largest absolute Gasteiger partial charge is 0.344 e. The molecular formula is C18H26N4O2. The van der Waals surface area contributed by atoms with E-state index in [4.69, 9.17) is 0 Å². The lowest BCUT2D eigenvalue weighted by Crippen LogP contribution is -2.43. The van der Waals surface area contributed by atoms with Crippen molar-refractivity contribution in [2.45, 2.75) is 69.4 Å².